The molecule has 0 aromatic carbocycles. The highest BCUT2D eigenvalue weighted by atomic mass is 32.1. The molecule has 0 unspecified atom stereocenters. The molecule has 0 aliphatic heterocycles. The van der Waals surface area contributed by atoms with Crippen LogP contribution in [0.3, 0.4) is 0 Å². The summed E-state index contributed by atoms with van der Waals surface area (Å²) in [5.41, 5.74) is 0.959. The molecule has 1 heterocycles. The first-order valence-corrected chi connectivity index (χ1v) is 7.72. The Morgan fingerprint density at radius 2 is 2.11 bits per heavy atom. The summed E-state index contributed by atoms with van der Waals surface area (Å²) in [6.07, 6.45) is 10.7. The average Bonchev–Trinajstić information content (AvgIpc) is 2.67. The monoisotopic (exact) mass is 280 g/mol. The van der Waals surface area contributed by atoms with Crippen molar-refractivity contribution >= 4 is 23.4 Å². The van der Waals surface area contributed by atoms with Crippen molar-refractivity contribution in [1.29, 1.82) is 0 Å². The number of rotatable bonds is 5. The molecular formula is C15H20O3S. The molecule has 1 aromatic rings. The van der Waals surface area contributed by atoms with Crippen LogP contribution in [0.5, 0.6) is 0 Å². The van der Waals surface area contributed by atoms with E-state index in [1.807, 2.05) is 11.4 Å². The van der Waals surface area contributed by atoms with Gasteiger partial charge in [0.2, 0.25) is 0 Å². The van der Waals surface area contributed by atoms with Crippen LogP contribution in [0.4, 0.5) is 0 Å². The Balaban J connectivity index is 1.88. The fourth-order valence-electron chi connectivity index (χ4n) is 2.38. The molecule has 104 valence electrons. The van der Waals surface area contributed by atoms with E-state index in [0.717, 1.165) is 23.3 Å². The molecule has 1 fully saturated rings. The zero-order valence-electron chi connectivity index (χ0n) is 11.0. The number of carboxylic acid groups (broad SMARTS) is 1. The molecule has 0 bridgehead atoms. The maximum Gasteiger partial charge on any atom is 0.328 e. The maximum absolute atomic E-state index is 10.5. The summed E-state index contributed by atoms with van der Waals surface area (Å²) in [5, 5.41) is 10.6. The first-order valence-electron chi connectivity index (χ1n) is 6.84. The molecule has 0 amide bonds. The van der Waals surface area contributed by atoms with Gasteiger partial charge in [0.15, 0.2) is 0 Å². The van der Waals surface area contributed by atoms with E-state index in [9.17, 15) is 4.79 Å². The van der Waals surface area contributed by atoms with E-state index in [-0.39, 0.29) is 0 Å². The quantitative estimate of drug-likeness (QED) is 0.653. The number of thiophene rings is 1. The van der Waals surface area contributed by atoms with Gasteiger partial charge in [-0.1, -0.05) is 25.7 Å². The first kappa shape index (κ1) is 14.3. The van der Waals surface area contributed by atoms with Gasteiger partial charge in [0.1, 0.15) is 0 Å². The zero-order chi connectivity index (χ0) is 13.5. The number of aliphatic carboxylic acids is 1. The van der Waals surface area contributed by atoms with Crippen molar-refractivity contribution in [1.82, 2.24) is 0 Å². The molecule has 0 spiro atoms. The van der Waals surface area contributed by atoms with Gasteiger partial charge >= 0.3 is 5.97 Å². The average molecular weight is 280 g/mol. The Kier molecular flexibility index (Phi) is 5.61. The molecular weight excluding hydrogens is 260 g/mol. The molecule has 0 saturated heterocycles. The van der Waals surface area contributed by atoms with Crippen LogP contribution >= 0.6 is 11.3 Å². The SMILES string of the molecule is O=C(O)C=Cc1ccsc1COC1CCCCCC1. The van der Waals surface area contributed by atoms with Gasteiger partial charge in [0, 0.05) is 11.0 Å². The van der Waals surface area contributed by atoms with Crippen LogP contribution in [-0.4, -0.2) is 17.2 Å². The van der Waals surface area contributed by atoms with Gasteiger partial charge in [-0.3, -0.25) is 0 Å². The Morgan fingerprint density at radius 3 is 2.79 bits per heavy atom. The topological polar surface area (TPSA) is 46.5 Å². The lowest BCUT2D eigenvalue weighted by atomic mass is 10.1. The van der Waals surface area contributed by atoms with E-state index >= 15 is 0 Å². The zero-order valence-corrected chi connectivity index (χ0v) is 11.8. The van der Waals surface area contributed by atoms with E-state index in [1.165, 1.54) is 31.8 Å². The summed E-state index contributed by atoms with van der Waals surface area (Å²) in [4.78, 5) is 11.6. The predicted octanol–water partition coefficient (Wildman–Crippen LogP) is 4.09. The summed E-state index contributed by atoms with van der Waals surface area (Å²) in [5.74, 6) is -0.915. The standard InChI is InChI=1S/C15H20O3S/c16-15(17)8-7-12-9-10-19-14(12)11-18-13-5-3-1-2-4-6-13/h7-10,13H,1-6,11H2,(H,16,17). The number of hydrogen-bond donors (Lipinski definition) is 1. The Morgan fingerprint density at radius 1 is 1.37 bits per heavy atom. The predicted molar refractivity (Wildman–Crippen MR) is 77.3 cm³/mol. The van der Waals surface area contributed by atoms with Crippen molar-refractivity contribution in [3.63, 3.8) is 0 Å². The van der Waals surface area contributed by atoms with Gasteiger partial charge in [-0.2, -0.15) is 0 Å². The van der Waals surface area contributed by atoms with E-state index in [0.29, 0.717) is 12.7 Å². The highest BCUT2D eigenvalue weighted by molar-refractivity contribution is 7.10. The minimum Gasteiger partial charge on any atom is -0.478 e. The molecule has 1 aliphatic carbocycles. The van der Waals surface area contributed by atoms with Gasteiger partial charge in [-0.05, 0) is 35.9 Å². The summed E-state index contributed by atoms with van der Waals surface area (Å²) in [6.45, 7) is 0.599. The van der Waals surface area contributed by atoms with Crippen LogP contribution < -0.4 is 0 Å². The molecule has 4 heteroatoms. The number of carboxylic acids is 1. The van der Waals surface area contributed by atoms with Crippen molar-refractivity contribution in [3.05, 3.63) is 28.0 Å². The van der Waals surface area contributed by atoms with E-state index < -0.39 is 5.97 Å². The number of hydrogen-bond acceptors (Lipinski definition) is 3. The Bertz CT molecular complexity index is 428. The number of carbonyl (C=O) groups is 1. The van der Waals surface area contributed by atoms with Crippen molar-refractivity contribution in [3.8, 4) is 0 Å². The molecule has 19 heavy (non-hydrogen) atoms. The molecule has 2 rings (SSSR count). The van der Waals surface area contributed by atoms with Gasteiger partial charge < -0.3 is 9.84 Å². The lowest BCUT2D eigenvalue weighted by Crippen LogP contribution is -2.11. The van der Waals surface area contributed by atoms with E-state index in [1.54, 1.807) is 17.4 Å². The summed E-state index contributed by atoms with van der Waals surface area (Å²) < 4.78 is 5.98. The smallest absolute Gasteiger partial charge is 0.328 e. The molecule has 1 aliphatic rings. The largest absolute Gasteiger partial charge is 0.478 e. The van der Waals surface area contributed by atoms with Crippen molar-refractivity contribution in [2.24, 2.45) is 0 Å². The molecule has 1 N–H and O–H groups in total. The summed E-state index contributed by atoms with van der Waals surface area (Å²) in [6, 6.07) is 1.94. The first-order chi connectivity index (χ1) is 9.25. The Labute approximate surface area is 117 Å². The minimum atomic E-state index is -0.915. The van der Waals surface area contributed by atoms with E-state index in [4.69, 9.17) is 9.84 Å². The summed E-state index contributed by atoms with van der Waals surface area (Å²) >= 11 is 1.63. The van der Waals surface area contributed by atoms with Crippen LogP contribution in [0.1, 0.15) is 49.0 Å². The normalized spacial score (nSPS) is 17.7. The molecule has 1 aromatic heterocycles. The van der Waals surface area contributed by atoms with Gasteiger partial charge in [-0.15, -0.1) is 11.3 Å². The van der Waals surface area contributed by atoms with Crippen molar-refractivity contribution in [2.45, 2.75) is 51.2 Å². The third-order valence-electron chi connectivity index (χ3n) is 3.44. The van der Waals surface area contributed by atoms with E-state index in [2.05, 4.69) is 0 Å². The third-order valence-corrected chi connectivity index (χ3v) is 4.35. The van der Waals surface area contributed by atoms with Gasteiger partial charge in [0.25, 0.3) is 0 Å². The Hall–Kier alpha value is -1.13. The maximum atomic E-state index is 10.5. The molecule has 0 radical (unpaired) electrons. The second-order valence-corrected chi connectivity index (χ2v) is 5.90. The van der Waals surface area contributed by atoms with Crippen molar-refractivity contribution in [2.75, 3.05) is 0 Å². The van der Waals surface area contributed by atoms with Crippen molar-refractivity contribution < 1.29 is 14.6 Å². The lowest BCUT2D eigenvalue weighted by molar-refractivity contribution is -0.131. The van der Waals surface area contributed by atoms with Crippen LogP contribution in [-0.2, 0) is 16.1 Å². The third kappa shape index (κ3) is 4.80. The highest BCUT2D eigenvalue weighted by Crippen LogP contribution is 2.24. The van der Waals surface area contributed by atoms with Crippen LogP contribution in [0, 0.1) is 0 Å². The molecule has 3 nitrogen and oxygen atoms in total. The fourth-order valence-corrected chi connectivity index (χ4v) is 3.17. The highest BCUT2D eigenvalue weighted by Gasteiger charge is 2.13. The minimum absolute atomic E-state index is 0.376. The second kappa shape index (κ2) is 7.46. The van der Waals surface area contributed by atoms with Gasteiger partial charge in [-0.25, -0.2) is 4.79 Å². The molecule has 1 saturated carbocycles. The fraction of sp³-hybridized carbons (Fsp3) is 0.533. The van der Waals surface area contributed by atoms with Crippen LogP contribution in [0.25, 0.3) is 6.08 Å². The van der Waals surface area contributed by atoms with Crippen LogP contribution in [0.15, 0.2) is 17.5 Å². The van der Waals surface area contributed by atoms with Gasteiger partial charge in [0.05, 0.1) is 12.7 Å². The molecule has 0 atom stereocenters. The van der Waals surface area contributed by atoms with Crippen LogP contribution in [0.2, 0.25) is 0 Å². The number of ether oxygens (including phenoxy) is 1. The summed E-state index contributed by atoms with van der Waals surface area (Å²) in [7, 11) is 0. The second-order valence-electron chi connectivity index (χ2n) is 4.90. The lowest BCUT2D eigenvalue weighted by Gasteiger charge is -2.14.